The van der Waals surface area contributed by atoms with E-state index in [4.69, 9.17) is 11.6 Å². The molecule has 146 valence electrons. The van der Waals surface area contributed by atoms with Crippen molar-refractivity contribution in [3.05, 3.63) is 62.9 Å². The number of carbonyl (C=O) groups excluding carboxylic acids is 1. The van der Waals surface area contributed by atoms with Crippen molar-refractivity contribution >= 4 is 59.7 Å². The quantitative estimate of drug-likeness (QED) is 0.497. The molecule has 0 unspecified atom stereocenters. The van der Waals surface area contributed by atoms with Crippen molar-refractivity contribution in [1.29, 1.82) is 0 Å². The Hall–Kier alpha value is -1.74. The van der Waals surface area contributed by atoms with Crippen LogP contribution in [0.1, 0.15) is 11.3 Å². The van der Waals surface area contributed by atoms with Gasteiger partial charge in [-0.15, -0.1) is 11.3 Å². The van der Waals surface area contributed by atoms with Gasteiger partial charge in [-0.3, -0.25) is 4.79 Å². The number of halogens is 2. The largest absolute Gasteiger partial charge is 0.302 e. The fourth-order valence-electron chi connectivity index (χ4n) is 2.49. The zero-order valence-electron chi connectivity index (χ0n) is 14.8. The van der Waals surface area contributed by atoms with Crippen LogP contribution >= 0.6 is 38.9 Å². The van der Waals surface area contributed by atoms with E-state index in [1.807, 2.05) is 31.2 Å². The van der Waals surface area contributed by atoms with Crippen LogP contribution in [0.3, 0.4) is 0 Å². The number of hydrogen-bond donors (Lipinski definition) is 1. The molecule has 0 saturated carbocycles. The van der Waals surface area contributed by atoms with Gasteiger partial charge in [0.2, 0.25) is 5.91 Å². The Labute approximate surface area is 180 Å². The maximum Gasteiger partial charge on any atom is 0.227 e. The van der Waals surface area contributed by atoms with Gasteiger partial charge < -0.3 is 5.32 Å². The van der Waals surface area contributed by atoms with Crippen molar-refractivity contribution in [2.75, 3.05) is 11.1 Å². The van der Waals surface area contributed by atoms with Crippen molar-refractivity contribution in [3.63, 3.8) is 0 Å². The number of aryl methyl sites for hydroxylation is 1. The minimum atomic E-state index is -3.56. The molecular formula is C19H16BrClN2O3S2. The van der Waals surface area contributed by atoms with Gasteiger partial charge in [-0.2, -0.15) is 0 Å². The van der Waals surface area contributed by atoms with Crippen LogP contribution in [0.5, 0.6) is 0 Å². The summed E-state index contributed by atoms with van der Waals surface area (Å²) in [6, 6.07) is 13.6. The smallest absolute Gasteiger partial charge is 0.227 e. The Morgan fingerprint density at radius 1 is 1.14 bits per heavy atom. The topological polar surface area (TPSA) is 76.1 Å². The summed E-state index contributed by atoms with van der Waals surface area (Å²) in [5.74, 6) is -0.682. The summed E-state index contributed by atoms with van der Waals surface area (Å²) in [5.41, 5.74) is 1.74. The first kappa shape index (κ1) is 21.0. The molecule has 0 spiro atoms. The van der Waals surface area contributed by atoms with Crippen molar-refractivity contribution in [2.45, 2.75) is 18.2 Å². The molecule has 1 amide bonds. The van der Waals surface area contributed by atoms with Crippen molar-refractivity contribution in [1.82, 2.24) is 4.98 Å². The van der Waals surface area contributed by atoms with Crippen LogP contribution in [0.25, 0.3) is 11.3 Å². The van der Waals surface area contributed by atoms with Gasteiger partial charge in [0.05, 0.1) is 16.3 Å². The molecule has 0 radical (unpaired) electrons. The molecule has 1 N–H and O–H groups in total. The molecule has 5 nitrogen and oxygen atoms in total. The van der Waals surface area contributed by atoms with E-state index in [2.05, 4.69) is 26.2 Å². The number of aromatic nitrogens is 1. The van der Waals surface area contributed by atoms with Crippen LogP contribution < -0.4 is 5.32 Å². The number of nitrogens with one attached hydrogen (secondary N) is 1. The molecule has 0 fully saturated rings. The summed E-state index contributed by atoms with van der Waals surface area (Å²) in [4.78, 5) is 17.8. The lowest BCUT2D eigenvalue weighted by atomic mass is 10.1. The van der Waals surface area contributed by atoms with Gasteiger partial charge in [0.15, 0.2) is 15.0 Å². The molecular weight excluding hydrogens is 484 g/mol. The lowest BCUT2D eigenvalue weighted by Crippen LogP contribution is -2.17. The molecule has 2 aromatic carbocycles. The van der Waals surface area contributed by atoms with Crippen molar-refractivity contribution in [2.24, 2.45) is 0 Å². The molecule has 0 bridgehead atoms. The number of anilines is 1. The van der Waals surface area contributed by atoms with Gasteiger partial charge in [-0.25, -0.2) is 13.4 Å². The minimum Gasteiger partial charge on any atom is -0.302 e. The first-order chi connectivity index (χ1) is 13.2. The van der Waals surface area contributed by atoms with E-state index in [1.165, 1.54) is 35.6 Å². The summed E-state index contributed by atoms with van der Waals surface area (Å²) < 4.78 is 25.6. The zero-order valence-corrected chi connectivity index (χ0v) is 18.8. The Bertz CT molecular complexity index is 1100. The van der Waals surface area contributed by atoms with E-state index in [9.17, 15) is 13.2 Å². The van der Waals surface area contributed by atoms with Crippen LogP contribution in [-0.4, -0.2) is 25.1 Å². The van der Waals surface area contributed by atoms with Gasteiger partial charge in [0.1, 0.15) is 0 Å². The van der Waals surface area contributed by atoms with Crippen LogP contribution in [0, 0.1) is 6.92 Å². The average Bonchev–Trinajstić information content (AvgIpc) is 3.01. The van der Waals surface area contributed by atoms with Crippen molar-refractivity contribution in [3.8, 4) is 11.3 Å². The normalized spacial score (nSPS) is 11.4. The van der Waals surface area contributed by atoms with E-state index in [-0.39, 0.29) is 17.1 Å². The fourth-order valence-corrected chi connectivity index (χ4v) is 4.98. The molecule has 0 saturated heterocycles. The number of amides is 1. The third-order valence-corrected chi connectivity index (χ3v) is 7.33. The number of nitrogens with zero attached hydrogens (tertiary/aromatic N) is 1. The maximum atomic E-state index is 12.3. The molecule has 0 aliphatic rings. The number of rotatable bonds is 6. The highest BCUT2D eigenvalue weighted by Gasteiger charge is 2.18. The molecule has 28 heavy (non-hydrogen) atoms. The SMILES string of the molecule is Cc1sc(NC(=O)CCS(=O)(=O)c2ccc(Cl)cc2)nc1-c1ccc(Br)cc1. The highest BCUT2D eigenvalue weighted by molar-refractivity contribution is 9.10. The maximum absolute atomic E-state index is 12.3. The van der Waals surface area contributed by atoms with E-state index in [1.54, 1.807) is 0 Å². The van der Waals surface area contributed by atoms with Crippen LogP contribution in [0.15, 0.2) is 57.9 Å². The van der Waals surface area contributed by atoms with Gasteiger partial charge in [-0.1, -0.05) is 39.7 Å². The first-order valence-corrected chi connectivity index (χ1v) is 11.9. The van der Waals surface area contributed by atoms with E-state index < -0.39 is 15.7 Å². The molecule has 3 rings (SSSR count). The second kappa shape index (κ2) is 8.73. The lowest BCUT2D eigenvalue weighted by molar-refractivity contribution is -0.115. The third kappa shape index (κ3) is 5.20. The number of hydrogen-bond acceptors (Lipinski definition) is 5. The summed E-state index contributed by atoms with van der Waals surface area (Å²) in [5, 5.41) is 3.60. The second-order valence-electron chi connectivity index (χ2n) is 6.00. The van der Waals surface area contributed by atoms with Crippen LogP contribution in [-0.2, 0) is 14.6 Å². The standard InChI is InChI=1S/C19H16BrClN2O3S2/c1-12-18(13-2-4-14(20)5-3-13)23-19(27-12)22-17(24)10-11-28(25,26)16-8-6-15(21)7-9-16/h2-9H,10-11H2,1H3,(H,22,23,24). The molecule has 1 aromatic heterocycles. The van der Waals surface area contributed by atoms with Crippen LogP contribution in [0.2, 0.25) is 5.02 Å². The van der Waals surface area contributed by atoms with Crippen LogP contribution in [0.4, 0.5) is 5.13 Å². The summed E-state index contributed by atoms with van der Waals surface area (Å²) in [6.07, 6.45) is -0.156. The van der Waals surface area contributed by atoms with Crippen molar-refractivity contribution < 1.29 is 13.2 Å². The van der Waals surface area contributed by atoms with E-state index in [0.29, 0.717) is 10.2 Å². The highest BCUT2D eigenvalue weighted by atomic mass is 79.9. The summed E-state index contributed by atoms with van der Waals surface area (Å²) >= 11 is 10.5. The Morgan fingerprint density at radius 3 is 2.43 bits per heavy atom. The molecule has 0 aliphatic heterocycles. The zero-order chi connectivity index (χ0) is 20.3. The fraction of sp³-hybridized carbons (Fsp3) is 0.158. The molecule has 1 heterocycles. The molecule has 0 atom stereocenters. The predicted octanol–water partition coefficient (Wildman–Crippen LogP) is 5.34. The average molecular weight is 500 g/mol. The van der Waals surface area contributed by atoms with E-state index in [0.717, 1.165) is 20.6 Å². The Morgan fingerprint density at radius 2 is 1.79 bits per heavy atom. The third-order valence-electron chi connectivity index (χ3n) is 3.93. The van der Waals surface area contributed by atoms with Gasteiger partial charge in [0, 0.05) is 26.4 Å². The highest BCUT2D eigenvalue weighted by Crippen LogP contribution is 2.31. The van der Waals surface area contributed by atoms with Gasteiger partial charge in [0.25, 0.3) is 0 Å². The number of thiazole rings is 1. The minimum absolute atomic E-state index is 0.146. The number of benzene rings is 2. The number of sulfone groups is 1. The predicted molar refractivity (Wildman–Crippen MR) is 117 cm³/mol. The summed E-state index contributed by atoms with van der Waals surface area (Å²) in [7, 11) is -3.56. The molecule has 0 aliphatic carbocycles. The lowest BCUT2D eigenvalue weighted by Gasteiger charge is -2.05. The second-order valence-corrected chi connectivity index (χ2v) is 10.7. The van der Waals surface area contributed by atoms with Gasteiger partial charge >= 0.3 is 0 Å². The summed E-state index contributed by atoms with van der Waals surface area (Å²) in [6.45, 7) is 1.93. The monoisotopic (exact) mass is 498 g/mol. The number of carbonyl (C=O) groups is 1. The Kier molecular flexibility index (Phi) is 6.54. The van der Waals surface area contributed by atoms with E-state index >= 15 is 0 Å². The molecule has 3 aromatic rings. The first-order valence-electron chi connectivity index (χ1n) is 8.26. The van der Waals surface area contributed by atoms with Gasteiger partial charge in [-0.05, 0) is 43.3 Å². The molecule has 9 heteroatoms. The Balaban J connectivity index is 1.64.